The van der Waals surface area contributed by atoms with Crippen molar-refractivity contribution in [2.45, 2.75) is 5.37 Å². The fraction of sp³-hybridized carbons (Fsp3) is 0.222. The van der Waals surface area contributed by atoms with Gasteiger partial charge in [0.15, 0.2) is 9.84 Å². The molecule has 0 aliphatic heterocycles. The molecule has 15 heavy (non-hydrogen) atoms. The first-order chi connectivity index (χ1) is 6.93. The lowest BCUT2D eigenvalue weighted by Crippen LogP contribution is -2.27. The van der Waals surface area contributed by atoms with Gasteiger partial charge in [-0.15, -0.1) is 0 Å². The van der Waals surface area contributed by atoms with Gasteiger partial charge in [0.2, 0.25) is 0 Å². The van der Waals surface area contributed by atoms with E-state index in [1.54, 1.807) is 30.3 Å². The summed E-state index contributed by atoms with van der Waals surface area (Å²) in [6.45, 7) is 0. The summed E-state index contributed by atoms with van der Waals surface area (Å²) >= 11 is 0. The largest absolute Gasteiger partial charge is 0.480 e. The second kappa shape index (κ2) is 4.41. The van der Waals surface area contributed by atoms with Crippen LogP contribution in [0, 0.1) is 0 Å². The predicted molar refractivity (Wildman–Crippen MR) is 54.8 cm³/mol. The minimum atomic E-state index is -3.83. The third kappa shape index (κ3) is 3.03. The highest BCUT2D eigenvalue weighted by molar-refractivity contribution is 7.92. The zero-order valence-corrected chi connectivity index (χ0v) is 8.65. The molecule has 1 rings (SSSR count). The molecule has 0 spiro atoms. The number of aliphatic carboxylic acids is 1. The van der Waals surface area contributed by atoms with E-state index in [0.717, 1.165) is 0 Å². The second-order valence-corrected chi connectivity index (χ2v) is 5.15. The van der Waals surface area contributed by atoms with Crippen molar-refractivity contribution in [3.63, 3.8) is 0 Å². The fourth-order valence-corrected chi connectivity index (χ4v) is 2.21. The van der Waals surface area contributed by atoms with Gasteiger partial charge in [-0.3, -0.25) is 4.79 Å². The number of rotatable bonds is 4. The zero-order valence-electron chi connectivity index (χ0n) is 7.83. The topological polar surface area (TPSA) is 97.5 Å². The third-order valence-electron chi connectivity index (χ3n) is 1.84. The highest BCUT2D eigenvalue weighted by Gasteiger charge is 2.25. The summed E-state index contributed by atoms with van der Waals surface area (Å²) in [7, 11) is -3.83. The molecule has 1 unspecified atom stereocenters. The highest BCUT2D eigenvalue weighted by atomic mass is 32.2. The molecule has 0 saturated heterocycles. The lowest BCUT2D eigenvalue weighted by molar-refractivity contribution is -0.134. The van der Waals surface area contributed by atoms with E-state index < -0.39 is 26.9 Å². The molecule has 0 aliphatic rings. The van der Waals surface area contributed by atoms with E-state index in [1.807, 2.05) is 0 Å². The minimum absolute atomic E-state index is 0.388. The van der Waals surface area contributed by atoms with Crippen molar-refractivity contribution in [3.8, 4) is 0 Å². The van der Waals surface area contributed by atoms with Crippen LogP contribution in [0.25, 0.3) is 0 Å². The molecular weight excluding hydrogens is 218 g/mol. The summed E-state index contributed by atoms with van der Waals surface area (Å²) in [6, 6.07) is 8.10. The quantitative estimate of drug-likeness (QED) is 0.765. The van der Waals surface area contributed by atoms with Gasteiger partial charge < -0.3 is 10.8 Å². The van der Waals surface area contributed by atoms with Crippen LogP contribution in [0.3, 0.4) is 0 Å². The summed E-state index contributed by atoms with van der Waals surface area (Å²) in [5.74, 6) is -2.36. The Morgan fingerprint density at radius 3 is 2.33 bits per heavy atom. The molecule has 0 heterocycles. The average Bonchev–Trinajstić information content (AvgIpc) is 2.16. The molecule has 0 amide bonds. The lowest BCUT2D eigenvalue weighted by atomic mass is 10.2. The maximum atomic E-state index is 11.4. The summed E-state index contributed by atoms with van der Waals surface area (Å²) < 4.78 is 22.9. The normalized spacial score (nSPS) is 13.4. The number of hydrogen-bond donors (Lipinski definition) is 2. The van der Waals surface area contributed by atoms with Crippen molar-refractivity contribution in [1.29, 1.82) is 0 Å². The van der Waals surface area contributed by atoms with Crippen molar-refractivity contribution in [2.24, 2.45) is 5.73 Å². The van der Waals surface area contributed by atoms with Crippen LogP contribution < -0.4 is 5.73 Å². The van der Waals surface area contributed by atoms with Gasteiger partial charge in [-0.05, 0) is 5.56 Å². The van der Waals surface area contributed by atoms with Crippen LogP contribution in [-0.2, 0) is 14.6 Å². The second-order valence-electron chi connectivity index (χ2n) is 3.03. The molecule has 0 aromatic heterocycles. The van der Waals surface area contributed by atoms with Crippen LogP contribution in [0.1, 0.15) is 10.9 Å². The van der Waals surface area contributed by atoms with Gasteiger partial charge >= 0.3 is 5.97 Å². The van der Waals surface area contributed by atoms with Crippen molar-refractivity contribution in [1.82, 2.24) is 0 Å². The van der Waals surface area contributed by atoms with E-state index in [0.29, 0.717) is 5.56 Å². The van der Waals surface area contributed by atoms with Crippen LogP contribution in [-0.4, -0.2) is 25.2 Å². The van der Waals surface area contributed by atoms with Crippen molar-refractivity contribution >= 4 is 15.8 Å². The first-order valence-electron chi connectivity index (χ1n) is 4.17. The van der Waals surface area contributed by atoms with Crippen LogP contribution in [0.5, 0.6) is 0 Å². The maximum Gasteiger partial charge on any atom is 0.318 e. The van der Waals surface area contributed by atoms with E-state index in [4.69, 9.17) is 10.8 Å². The Labute approximate surface area is 87.4 Å². The van der Waals surface area contributed by atoms with E-state index in [1.165, 1.54) is 0 Å². The average molecular weight is 229 g/mol. The zero-order chi connectivity index (χ0) is 11.5. The number of nitrogens with two attached hydrogens (primary N) is 1. The molecule has 1 aromatic carbocycles. The van der Waals surface area contributed by atoms with Gasteiger partial charge in [0.1, 0.15) is 11.1 Å². The first-order valence-corrected chi connectivity index (χ1v) is 5.89. The molecule has 6 heteroatoms. The molecule has 1 aromatic rings. The van der Waals surface area contributed by atoms with Gasteiger partial charge in [0.25, 0.3) is 0 Å². The molecule has 0 saturated carbocycles. The highest BCUT2D eigenvalue weighted by Crippen LogP contribution is 2.16. The fourth-order valence-electron chi connectivity index (χ4n) is 1.11. The van der Waals surface area contributed by atoms with E-state index in [-0.39, 0.29) is 0 Å². The van der Waals surface area contributed by atoms with Crippen LogP contribution in [0.15, 0.2) is 30.3 Å². The van der Waals surface area contributed by atoms with Crippen LogP contribution in [0.2, 0.25) is 0 Å². The number of benzene rings is 1. The van der Waals surface area contributed by atoms with Crippen molar-refractivity contribution < 1.29 is 18.3 Å². The van der Waals surface area contributed by atoms with E-state index in [9.17, 15) is 13.2 Å². The number of carboxylic acids is 1. The maximum absolute atomic E-state index is 11.4. The number of carboxylic acid groups (broad SMARTS) is 1. The minimum Gasteiger partial charge on any atom is -0.480 e. The SMILES string of the molecule is NC(c1ccccc1)S(=O)(=O)CC(=O)O. The standard InChI is InChI=1S/C9H11NO4S/c10-9(7-4-2-1-3-5-7)15(13,14)6-8(11)12/h1-5,9H,6,10H2,(H,11,12). The smallest absolute Gasteiger partial charge is 0.318 e. The molecule has 5 nitrogen and oxygen atoms in total. The molecule has 3 N–H and O–H groups in total. The van der Waals surface area contributed by atoms with Crippen LogP contribution >= 0.6 is 0 Å². The predicted octanol–water partition coefficient (Wildman–Crippen LogP) is 0.143. The number of carbonyl (C=O) groups is 1. The molecular formula is C9H11NO4S. The van der Waals surface area contributed by atoms with Crippen LogP contribution in [0.4, 0.5) is 0 Å². The number of sulfone groups is 1. The Kier molecular flexibility index (Phi) is 3.43. The summed E-state index contributed by atoms with van der Waals surface area (Å²) in [5.41, 5.74) is 5.86. The molecule has 0 aliphatic carbocycles. The van der Waals surface area contributed by atoms with Gasteiger partial charge in [0, 0.05) is 0 Å². The third-order valence-corrected chi connectivity index (χ3v) is 3.53. The van der Waals surface area contributed by atoms with Gasteiger partial charge in [0.05, 0.1) is 0 Å². The Balaban J connectivity index is 2.95. The van der Waals surface area contributed by atoms with Crippen molar-refractivity contribution in [2.75, 3.05) is 5.75 Å². The van der Waals surface area contributed by atoms with Gasteiger partial charge in [-0.1, -0.05) is 30.3 Å². The first kappa shape index (κ1) is 11.7. The Hall–Kier alpha value is -1.40. The summed E-state index contributed by atoms with van der Waals surface area (Å²) in [4.78, 5) is 10.3. The summed E-state index contributed by atoms with van der Waals surface area (Å²) in [6.07, 6.45) is 0. The van der Waals surface area contributed by atoms with Crippen molar-refractivity contribution in [3.05, 3.63) is 35.9 Å². The number of hydrogen-bond acceptors (Lipinski definition) is 4. The lowest BCUT2D eigenvalue weighted by Gasteiger charge is -2.11. The summed E-state index contributed by atoms with van der Waals surface area (Å²) in [5, 5.41) is 7.13. The molecule has 0 bridgehead atoms. The van der Waals surface area contributed by atoms with E-state index in [2.05, 4.69) is 0 Å². The Morgan fingerprint density at radius 1 is 1.33 bits per heavy atom. The van der Waals surface area contributed by atoms with Gasteiger partial charge in [-0.25, -0.2) is 8.42 Å². The van der Waals surface area contributed by atoms with E-state index >= 15 is 0 Å². The van der Waals surface area contributed by atoms with Gasteiger partial charge in [-0.2, -0.15) is 0 Å². The monoisotopic (exact) mass is 229 g/mol. The molecule has 1 atom stereocenters. The molecule has 0 fully saturated rings. The molecule has 0 radical (unpaired) electrons. The Morgan fingerprint density at radius 2 is 1.87 bits per heavy atom. The Bertz CT molecular complexity index is 440. The molecule has 82 valence electrons.